The maximum absolute atomic E-state index is 5.46. The van der Waals surface area contributed by atoms with E-state index >= 15 is 0 Å². The Hall–Kier alpha value is -1.24. The summed E-state index contributed by atoms with van der Waals surface area (Å²) in [5, 5.41) is 0. The van der Waals surface area contributed by atoms with Crippen molar-refractivity contribution in [2.75, 3.05) is 6.61 Å². The number of rotatable bonds is 4. The lowest BCUT2D eigenvalue weighted by atomic mass is 10.2. The minimum atomic E-state index is 0.795. The van der Waals surface area contributed by atoms with Crippen LogP contribution in [0.1, 0.15) is 25.8 Å². The maximum Gasteiger partial charge on any atom is 0.119 e. The zero-order valence-electron chi connectivity index (χ0n) is 8.29. The molecular weight excluding hydrogens is 160 g/mol. The quantitative estimate of drug-likeness (QED) is 0.682. The van der Waals surface area contributed by atoms with Gasteiger partial charge < -0.3 is 4.74 Å². The standard InChI is InChI=1S/C12H16O/c1-3-5-11-6-8-12(9-7-11)13-10-4-2/h3,5-9H,4,10H2,1-2H3/b5-3+. The van der Waals surface area contributed by atoms with Crippen LogP contribution >= 0.6 is 0 Å². The fourth-order valence-electron chi connectivity index (χ4n) is 1.09. The van der Waals surface area contributed by atoms with Crippen molar-refractivity contribution in [2.45, 2.75) is 20.3 Å². The lowest BCUT2D eigenvalue weighted by Gasteiger charge is -2.03. The van der Waals surface area contributed by atoms with Crippen LogP contribution in [0.4, 0.5) is 0 Å². The highest BCUT2D eigenvalue weighted by atomic mass is 16.5. The van der Waals surface area contributed by atoms with Crippen LogP contribution in [0.5, 0.6) is 5.75 Å². The van der Waals surface area contributed by atoms with Gasteiger partial charge in [0.15, 0.2) is 0 Å². The van der Waals surface area contributed by atoms with Gasteiger partial charge in [0.25, 0.3) is 0 Å². The smallest absolute Gasteiger partial charge is 0.119 e. The normalized spacial score (nSPS) is 10.6. The average molecular weight is 176 g/mol. The Morgan fingerprint density at radius 3 is 2.46 bits per heavy atom. The van der Waals surface area contributed by atoms with Crippen LogP contribution in [-0.4, -0.2) is 6.61 Å². The number of hydrogen-bond acceptors (Lipinski definition) is 1. The summed E-state index contributed by atoms with van der Waals surface area (Å²) in [4.78, 5) is 0. The van der Waals surface area contributed by atoms with Gasteiger partial charge in [0.2, 0.25) is 0 Å². The first-order valence-corrected chi connectivity index (χ1v) is 4.72. The second-order valence-corrected chi connectivity index (χ2v) is 2.92. The highest BCUT2D eigenvalue weighted by molar-refractivity contribution is 5.50. The minimum absolute atomic E-state index is 0.795. The first-order chi connectivity index (χ1) is 6.36. The predicted molar refractivity (Wildman–Crippen MR) is 56.9 cm³/mol. The van der Waals surface area contributed by atoms with E-state index in [1.54, 1.807) is 0 Å². The maximum atomic E-state index is 5.46. The molecule has 0 unspecified atom stereocenters. The Labute approximate surface area is 80.0 Å². The lowest BCUT2D eigenvalue weighted by molar-refractivity contribution is 0.317. The Morgan fingerprint density at radius 1 is 1.23 bits per heavy atom. The summed E-state index contributed by atoms with van der Waals surface area (Å²) >= 11 is 0. The summed E-state index contributed by atoms with van der Waals surface area (Å²) < 4.78 is 5.46. The number of ether oxygens (including phenoxy) is 1. The molecule has 0 saturated heterocycles. The van der Waals surface area contributed by atoms with Gasteiger partial charge in [0.05, 0.1) is 6.61 Å². The third kappa shape index (κ3) is 3.32. The van der Waals surface area contributed by atoms with E-state index in [4.69, 9.17) is 4.74 Å². The van der Waals surface area contributed by atoms with Gasteiger partial charge in [0, 0.05) is 0 Å². The molecule has 1 nitrogen and oxygen atoms in total. The average Bonchev–Trinajstić information content (AvgIpc) is 2.17. The van der Waals surface area contributed by atoms with Crippen molar-refractivity contribution in [2.24, 2.45) is 0 Å². The van der Waals surface area contributed by atoms with E-state index in [0.29, 0.717) is 0 Å². The van der Waals surface area contributed by atoms with Crippen molar-refractivity contribution in [1.29, 1.82) is 0 Å². The van der Waals surface area contributed by atoms with Crippen LogP contribution in [0, 0.1) is 0 Å². The van der Waals surface area contributed by atoms with Crippen molar-refractivity contribution in [3.63, 3.8) is 0 Å². The third-order valence-electron chi connectivity index (χ3n) is 1.71. The van der Waals surface area contributed by atoms with Gasteiger partial charge in [0.1, 0.15) is 5.75 Å². The van der Waals surface area contributed by atoms with Gasteiger partial charge in [-0.25, -0.2) is 0 Å². The Kier molecular flexibility index (Phi) is 4.10. The van der Waals surface area contributed by atoms with Gasteiger partial charge in [-0.1, -0.05) is 31.2 Å². The molecule has 0 aliphatic carbocycles. The molecule has 0 radical (unpaired) electrons. The molecule has 1 aromatic rings. The summed E-state index contributed by atoms with van der Waals surface area (Å²) in [6, 6.07) is 8.13. The lowest BCUT2D eigenvalue weighted by Crippen LogP contribution is -1.94. The molecule has 13 heavy (non-hydrogen) atoms. The molecule has 0 atom stereocenters. The molecular formula is C12H16O. The van der Waals surface area contributed by atoms with E-state index in [2.05, 4.69) is 25.1 Å². The molecule has 70 valence electrons. The molecule has 0 saturated carbocycles. The molecule has 0 aliphatic rings. The summed E-state index contributed by atoms with van der Waals surface area (Å²) in [6.45, 7) is 4.92. The van der Waals surface area contributed by atoms with Crippen LogP contribution in [0.15, 0.2) is 30.3 Å². The molecule has 0 heterocycles. The van der Waals surface area contributed by atoms with E-state index in [1.165, 1.54) is 5.56 Å². The number of allylic oxidation sites excluding steroid dienone is 1. The van der Waals surface area contributed by atoms with Crippen LogP contribution in [-0.2, 0) is 0 Å². The number of hydrogen-bond donors (Lipinski definition) is 0. The largest absolute Gasteiger partial charge is 0.494 e. The van der Waals surface area contributed by atoms with Crippen molar-refractivity contribution in [3.05, 3.63) is 35.9 Å². The summed E-state index contributed by atoms with van der Waals surface area (Å²) in [6.07, 6.45) is 5.15. The van der Waals surface area contributed by atoms with Gasteiger partial charge in [-0.05, 0) is 31.0 Å². The first kappa shape index (κ1) is 9.85. The molecule has 1 heteroatoms. The molecule has 1 aromatic carbocycles. The highest BCUT2D eigenvalue weighted by Crippen LogP contribution is 2.13. The fourth-order valence-corrected chi connectivity index (χ4v) is 1.09. The van der Waals surface area contributed by atoms with Gasteiger partial charge >= 0.3 is 0 Å². The predicted octanol–water partition coefficient (Wildman–Crippen LogP) is 3.51. The van der Waals surface area contributed by atoms with Crippen LogP contribution in [0.2, 0.25) is 0 Å². The van der Waals surface area contributed by atoms with E-state index < -0.39 is 0 Å². The minimum Gasteiger partial charge on any atom is -0.494 e. The molecule has 0 N–H and O–H groups in total. The van der Waals surface area contributed by atoms with Crippen molar-refractivity contribution in [1.82, 2.24) is 0 Å². The molecule has 0 fully saturated rings. The summed E-state index contributed by atoms with van der Waals surface area (Å²) in [5.74, 6) is 0.954. The Bertz CT molecular complexity index is 259. The zero-order valence-corrected chi connectivity index (χ0v) is 8.29. The number of benzene rings is 1. The molecule has 0 aliphatic heterocycles. The van der Waals surface area contributed by atoms with Crippen molar-refractivity contribution < 1.29 is 4.74 Å². The van der Waals surface area contributed by atoms with Crippen LogP contribution < -0.4 is 4.74 Å². The van der Waals surface area contributed by atoms with Gasteiger partial charge in [-0.2, -0.15) is 0 Å². The van der Waals surface area contributed by atoms with Crippen molar-refractivity contribution >= 4 is 6.08 Å². The Morgan fingerprint density at radius 2 is 1.92 bits per heavy atom. The van der Waals surface area contributed by atoms with Crippen molar-refractivity contribution in [3.8, 4) is 5.75 Å². The third-order valence-corrected chi connectivity index (χ3v) is 1.71. The Balaban J connectivity index is 2.58. The van der Waals surface area contributed by atoms with Crippen LogP contribution in [0.25, 0.3) is 6.08 Å². The van der Waals surface area contributed by atoms with E-state index in [-0.39, 0.29) is 0 Å². The van der Waals surface area contributed by atoms with E-state index in [9.17, 15) is 0 Å². The highest BCUT2D eigenvalue weighted by Gasteiger charge is 1.91. The monoisotopic (exact) mass is 176 g/mol. The molecule has 0 spiro atoms. The second-order valence-electron chi connectivity index (χ2n) is 2.92. The summed E-state index contributed by atoms with van der Waals surface area (Å²) in [7, 11) is 0. The van der Waals surface area contributed by atoms with E-state index in [1.807, 2.05) is 25.1 Å². The topological polar surface area (TPSA) is 9.23 Å². The molecule has 0 aromatic heterocycles. The molecule has 0 bridgehead atoms. The molecule has 0 amide bonds. The van der Waals surface area contributed by atoms with E-state index in [0.717, 1.165) is 18.8 Å². The SMILES string of the molecule is C/C=C/c1ccc(OCCC)cc1. The zero-order chi connectivity index (χ0) is 9.52. The van der Waals surface area contributed by atoms with Crippen LogP contribution in [0.3, 0.4) is 0 Å². The summed E-state index contributed by atoms with van der Waals surface area (Å²) in [5.41, 5.74) is 1.21. The first-order valence-electron chi connectivity index (χ1n) is 4.72. The molecule has 1 rings (SSSR count). The van der Waals surface area contributed by atoms with Gasteiger partial charge in [-0.3, -0.25) is 0 Å². The van der Waals surface area contributed by atoms with Gasteiger partial charge in [-0.15, -0.1) is 0 Å². The second kappa shape index (κ2) is 5.41. The fraction of sp³-hybridized carbons (Fsp3) is 0.333.